The number of nitro benzene ring substituents is 1. The van der Waals surface area contributed by atoms with E-state index in [9.17, 15) is 14.9 Å². The molecule has 9 heteroatoms. The molecular weight excluding hydrogens is 364 g/mol. The average Bonchev–Trinajstić information content (AvgIpc) is 3.06. The second-order valence-corrected chi connectivity index (χ2v) is 5.87. The molecular formula is C19H18N4O5. The van der Waals surface area contributed by atoms with Crippen LogP contribution in [0.3, 0.4) is 0 Å². The van der Waals surface area contributed by atoms with Gasteiger partial charge in [0.05, 0.1) is 23.4 Å². The fourth-order valence-corrected chi connectivity index (χ4v) is 2.50. The number of carbonyl (C=O) groups excluding carboxylic acids is 1. The Hall–Kier alpha value is -3.88. The van der Waals surface area contributed by atoms with Gasteiger partial charge in [0.15, 0.2) is 6.61 Å². The molecule has 1 aromatic heterocycles. The normalized spacial score (nSPS) is 10.4. The predicted molar refractivity (Wildman–Crippen MR) is 102 cm³/mol. The molecule has 0 aliphatic heterocycles. The minimum Gasteiger partial charge on any atom is -0.497 e. The van der Waals surface area contributed by atoms with Crippen LogP contribution in [-0.4, -0.2) is 34.3 Å². The third-order valence-electron chi connectivity index (χ3n) is 3.83. The highest BCUT2D eigenvalue weighted by atomic mass is 16.6. The Balaban J connectivity index is 1.68. The summed E-state index contributed by atoms with van der Waals surface area (Å²) in [4.78, 5) is 22.6. The highest BCUT2D eigenvalue weighted by Crippen LogP contribution is 2.20. The summed E-state index contributed by atoms with van der Waals surface area (Å²) in [6.45, 7) is 1.60. The molecule has 0 aliphatic rings. The number of rotatable bonds is 7. The van der Waals surface area contributed by atoms with Crippen molar-refractivity contribution in [2.45, 2.75) is 6.92 Å². The van der Waals surface area contributed by atoms with E-state index in [0.29, 0.717) is 28.7 Å². The lowest BCUT2D eigenvalue weighted by Gasteiger charge is -2.10. The number of amides is 1. The van der Waals surface area contributed by atoms with Crippen molar-refractivity contribution < 1.29 is 19.2 Å². The number of benzene rings is 2. The first-order valence-corrected chi connectivity index (χ1v) is 8.34. The first-order chi connectivity index (χ1) is 13.5. The van der Waals surface area contributed by atoms with Crippen molar-refractivity contribution in [2.75, 3.05) is 19.0 Å². The zero-order valence-electron chi connectivity index (χ0n) is 15.3. The summed E-state index contributed by atoms with van der Waals surface area (Å²) in [6, 6.07) is 14.5. The number of aromatic nitrogens is 2. The van der Waals surface area contributed by atoms with Crippen LogP contribution >= 0.6 is 0 Å². The van der Waals surface area contributed by atoms with Gasteiger partial charge in [-0.1, -0.05) is 0 Å². The van der Waals surface area contributed by atoms with Crippen LogP contribution in [0.4, 0.5) is 11.5 Å². The summed E-state index contributed by atoms with van der Waals surface area (Å²) in [5.74, 6) is 1.31. The number of nitrogens with zero attached hydrogens (tertiary/aromatic N) is 3. The standard InChI is InChI=1S/C19H18N4O5/c1-13-11-18(22(21-13)14-3-5-15(6-4-14)23(25)26)20-19(24)12-28-17-9-7-16(27-2)8-10-17/h3-11H,12H2,1-2H3,(H,20,24). The van der Waals surface area contributed by atoms with Crippen LogP contribution in [0.2, 0.25) is 0 Å². The van der Waals surface area contributed by atoms with Gasteiger partial charge in [0.1, 0.15) is 17.3 Å². The summed E-state index contributed by atoms with van der Waals surface area (Å²) in [6.07, 6.45) is 0. The highest BCUT2D eigenvalue weighted by Gasteiger charge is 2.13. The minimum atomic E-state index is -0.475. The molecule has 1 heterocycles. The van der Waals surface area contributed by atoms with E-state index < -0.39 is 4.92 Å². The molecule has 0 bridgehead atoms. The van der Waals surface area contributed by atoms with Crippen LogP contribution < -0.4 is 14.8 Å². The second kappa shape index (κ2) is 8.21. The largest absolute Gasteiger partial charge is 0.497 e. The lowest BCUT2D eigenvalue weighted by Crippen LogP contribution is -2.21. The maximum atomic E-state index is 12.3. The molecule has 1 N–H and O–H groups in total. The number of hydrogen-bond donors (Lipinski definition) is 1. The lowest BCUT2D eigenvalue weighted by atomic mass is 10.3. The number of anilines is 1. The minimum absolute atomic E-state index is 0.0221. The molecule has 0 radical (unpaired) electrons. The van der Waals surface area contributed by atoms with Crippen LogP contribution in [-0.2, 0) is 4.79 Å². The van der Waals surface area contributed by atoms with Gasteiger partial charge in [-0.3, -0.25) is 14.9 Å². The molecule has 144 valence electrons. The lowest BCUT2D eigenvalue weighted by molar-refractivity contribution is -0.384. The third-order valence-corrected chi connectivity index (χ3v) is 3.83. The van der Waals surface area contributed by atoms with E-state index in [-0.39, 0.29) is 18.2 Å². The Morgan fingerprint density at radius 2 is 1.79 bits per heavy atom. The van der Waals surface area contributed by atoms with Crippen molar-refractivity contribution in [1.82, 2.24) is 9.78 Å². The van der Waals surface area contributed by atoms with Crippen molar-refractivity contribution in [1.29, 1.82) is 0 Å². The number of methoxy groups -OCH3 is 1. The summed E-state index contributed by atoms with van der Waals surface area (Å²) in [5, 5.41) is 17.9. The number of aryl methyl sites for hydroxylation is 1. The SMILES string of the molecule is COc1ccc(OCC(=O)Nc2cc(C)nn2-c2ccc([N+](=O)[O-])cc2)cc1. The molecule has 3 rings (SSSR count). The summed E-state index contributed by atoms with van der Waals surface area (Å²) in [5.41, 5.74) is 1.25. The molecule has 9 nitrogen and oxygen atoms in total. The molecule has 2 aromatic carbocycles. The third kappa shape index (κ3) is 4.44. The van der Waals surface area contributed by atoms with E-state index in [1.165, 1.54) is 16.8 Å². The number of hydrogen-bond acceptors (Lipinski definition) is 6. The van der Waals surface area contributed by atoms with Gasteiger partial charge in [-0.15, -0.1) is 0 Å². The van der Waals surface area contributed by atoms with Gasteiger partial charge in [0, 0.05) is 18.2 Å². The fourth-order valence-electron chi connectivity index (χ4n) is 2.50. The topological polar surface area (TPSA) is 109 Å². The molecule has 0 atom stereocenters. The molecule has 3 aromatic rings. The average molecular weight is 382 g/mol. The van der Waals surface area contributed by atoms with E-state index >= 15 is 0 Å². The first-order valence-electron chi connectivity index (χ1n) is 8.34. The van der Waals surface area contributed by atoms with E-state index in [1.807, 2.05) is 0 Å². The van der Waals surface area contributed by atoms with Gasteiger partial charge in [-0.05, 0) is 43.3 Å². The quantitative estimate of drug-likeness (QED) is 0.497. The van der Waals surface area contributed by atoms with Crippen LogP contribution in [0, 0.1) is 17.0 Å². The van der Waals surface area contributed by atoms with E-state index in [4.69, 9.17) is 9.47 Å². The predicted octanol–water partition coefficient (Wildman–Crippen LogP) is 3.12. The number of nitro groups is 1. The second-order valence-electron chi connectivity index (χ2n) is 5.87. The molecule has 0 saturated heterocycles. The maximum absolute atomic E-state index is 12.3. The van der Waals surface area contributed by atoms with Gasteiger partial charge < -0.3 is 14.8 Å². The Kier molecular flexibility index (Phi) is 5.54. The van der Waals surface area contributed by atoms with Crippen molar-refractivity contribution in [3.8, 4) is 17.2 Å². The Bertz CT molecular complexity index is 981. The van der Waals surface area contributed by atoms with Crippen LogP contribution in [0.1, 0.15) is 5.69 Å². The van der Waals surface area contributed by atoms with E-state index in [1.54, 1.807) is 56.5 Å². The van der Waals surface area contributed by atoms with Gasteiger partial charge in [-0.25, -0.2) is 4.68 Å². The fraction of sp³-hybridized carbons (Fsp3) is 0.158. The Morgan fingerprint density at radius 3 is 2.39 bits per heavy atom. The van der Waals surface area contributed by atoms with Crippen LogP contribution in [0.5, 0.6) is 11.5 Å². The monoisotopic (exact) mass is 382 g/mol. The highest BCUT2D eigenvalue weighted by molar-refractivity contribution is 5.91. The van der Waals surface area contributed by atoms with Crippen molar-refractivity contribution in [3.05, 3.63) is 70.4 Å². The molecule has 0 fully saturated rings. The van der Waals surface area contributed by atoms with Crippen LogP contribution in [0.25, 0.3) is 5.69 Å². The molecule has 1 amide bonds. The van der Waals surface area contributed by atoms with E-state index in [0.717, 1.165) is 0 Å². The smallest absolute Gasteiger partial charge is 0.269 e. The van der Waals surface area contributed by atoms with Gasteiger partial charge in [-0.2, -0.15) is 5.10 Å². The summed E-state index contributed by atoms with van der Waals surface area (Å²) >= 11 is 0. The Labute approximate surface area is 160 Å². The molecule has 28 heavy (non-hydrogen) atoms. The maximum Gasteiger partial charge on any atom is 0.269 e. The van der Waals surface area contributed by atoms with Crippen molar-refractivity contribution in [2.24, 2.45) is 0 Å². The molecule has 0 aliphatic carbocycles. The number of non-ortho nitro benzene ring substituents is 1. The number of ether oxygens (including phenoxy) is 2. The number of carbonyl (C=O) groups is 1. The van der Waals surface area contributed by atoms with E-state index in [2.05, 4.69) is 10.4 Å². The Morgan fingerprint density at radius 1 is 1.14 bits per heavy atom. The molecule has 0 unspecified atom stereocenters. The van der Waals surface area contributed by atoms with Crippen molar-refractivity contribution >= 4 is 17.4 Å². The first kappa shape index (κ1) is 18.9. The summed E-state index contributed by atoms with van der Waals surface area (Å²) < 4.78 is 12.0. The zero-order chi connectivity index (χ0) is 20.1. The number of nitrogens with one attached hydrogen (secondary N) is 1. The van der Waals surface area contributed by atoms with Crippen molar-refractivity contribution in [3.63, 3.8) is 0 Å². The van der Waals surface area contributed by atoms with Crippen LogP contribution in [0.15, 0.2) is 54.6 Å². The zero-order valence-corrected chi connectivity index (χ0v) is 15.3. The van der Waals surface area contributed by atoms with Gasteiger partial charge in [0.2, 0.25) is 0 Å². The molecule has 0 spiro atoms. The summed E-state index contributed by atoms with van der Waals surface area (Å²) in [7, 11) is 1.57. The van der Waals surface area contributed by atoms with Gasteiger partial charge >= 0.3 is 0 Å². The molecule has 0 saturated carbocycles. The van der Waals surface area contributed by atoms with Gasteiger partial charge in [0.25, 0.3) is 11.6 Å².